The molecule has 0 amide bonds. The number of nitrogens with one attached hydrogen (secondary N) is 1. The summed E-state index contributed by atoms with van der Waals surface area (Å²) in [6.07, 6.45) is 0.701. The lowest BCUT2D eigenvalue weighted by Gasteiger charge is -2.25. The maximum Gasteiger partial charge on any atom is 0.231 e. The summed E-state index contributed by atoms with van der Waals surface area (Å²) in [6, 6.07) is 6.15. The third-order valence-corrected chi connectivity index (χ3v) is 6.30. The fraction of sp³-hybridized carbons (Fsp3) is 0.611. The minimum atomic E-state index is -2.87. The molecule has 1 unspecified atom stereocenters. The lowest BCUT2D eigenvalue weighted by atomic mass is 10.1. The van der Waals surface area contributed by atoms with Crippen LogP contribution in [0.2, 0.25) is 0 Å². The Morgan fingerprint density at radius 3 is 2.81 bits per heavy atom. The molecule has 0 saturated carbocycles. The highest BCUT2D eigenvalue weighted by Gasteiger charge is 2.27. The van der Waals surface area contributed by atoms with Crippen LogP contribution in [0.15, 0.2) is 23.2 Å². The summed E-state index contributed by atoms with van der Waals surface area (Å²) in [4.78, 5) is 6.73. The Kier molecular flexibility index (Phi) is 5.60. The molecule has 1 fully saturated rings. The minimum absolute atomic E-state index is 0.114. The van der Waals surface area contributed by atoms with Crippen molar-refractivity contribution < 1.29 is 17.9 Å². The molecule has 1 N–H and O–H groups in total. The Bertz CT molecular complexity index is 777. The van der Waals surface area contributed by atoms with Crippen molar-refractivity contribution in [3.8, 4) is 11.5 Å². The van der Waals surface area contributed by atoms with Gasteiger partial charge in [-0.2, -0.15) is 0 Å². The van der Waals surface area contributed by atoms with E-state index in [4.69, 9.17) is 14.5 Å². The van der Waals surface area contributed by atoms with Crippen molar-refractivity contribution >= 4 is 15.8 Å². The second kappa shape index (κ2) is 7.73. The number of rotatable bonds is 5. The first-order chi connectivity index (χ1) is 12.3. The molecule has 2 aliphatic rings. The number of sulfone groups is 1. The fourth-order valence-corrected chi connectivity index (χ4v) is 5.00. The van der Waals surface area contributed by atoms with Gasteiger partial charge < -0.3 is 19.7 Å². The van der Waals surface area contributed by atoms with Crippen LogP contribution in [-0.4, -0.2) is 57.2 Å². The summed E-state index contributed by atoms with van der Waals surface area (Å²) in [5.74, 6) is 2.96. The number of hydrogen-bond acceptors (Lipinski definition) is 5. The summed E-state index contributed by atoms with van der Waals surface area (Å²) in [6.45, 7) is 5.58. The van der Waals surface area contributed by atoms with E-state index in [0.717, 1.165) is 23.0 Å². The molecule has 0 aromatic heterocycles. The van der Waals surface area contributed by atoms with E-state index in [-0.39, 0.29) is 30.3 Å². The van der Waals surface area contributed by atoms with Gasteiger partial charge in [0.05, 0.1) is 11.5 Å². The molecule has 1 aromatic carbocycles. The van der Waals surface area contributed by atoms with Crippen molar-refractivity contribution in [3.63, 3.8) is 0 Å². The monoisotopic (exact) mass is 381 g/mol. The molecule has 26 heavy (non-hydrogen) atoms. The molecule has 1 aromatic rings. The zero-order valence-corrected chi connectivity index (χ0v) is 16.4. The van der Waals surface area contributed by atoms with Crippen LogP contribution in [0.3, 0.4) is 0 Å². The molecule has 1 atom stereocenters. The highest BCUT2D eigenvalue weighted by Crippen LogP contribution is 2.32. The van der Waals surface area contributed by atoms with Crippen LogP contribution in [-0.2, 0) is 16.4 Å². The molecule has 0 bridgehead atoms. The molecule has 144 valence electrons. The van der Waals surface area contributed by atoms with Gasteiger partial charge in [-0.3, -0.25) is 4.99 Å². The van der Waals surface area contributed by atoms with Crippen molar-refractivity contribution in [2.75, 3.05) is 31.9 Å². The van der Waals surface area contributed by atoms with E-state index in [1.165, 1.54) is 0 Å². The summed E-state index contributed by atoms with van der Waals surface area (Å²) in [5, 5.41) is 3.37. The summed E-state index contributed by atoms with van der Waals surface area (Å²) in [7, 11) is -0.894. The molecule has 2 heterocycles. The van der Waals surface area contributed by atoms with Crippen LogP contribution in [0.25, 0.3) is 0 Å². The number of nitrogens with zero attached hydrogens (tertiary/aromatic N) is 2. The van der Waals surface area contributed by atoms with Crippen LogP contribution in [0, 0.1) is 5.92 Å². The Morgan fingerprint density at radius 1 is 1.35 bits per heavy atom. The lowest BCUT2D eigenvalue weighted by Crippen LogP contribution is -2.42. The van der Waals surface area contributed by atoms with Crippen LogP contribution in [0.5, 0.6) is 11.5 Å². The molecule has 7 nitrogen and oxygen atoms in total. The highest BCUT2D eigenvalue weighted by atomic mass is 32.2. The van der Waals surface area contributed by atoms with E-state index >= 15 is 0 Å². The Hall–Kier alpha value is -1.96. The molecule has 0 radical (unpaired) electrons. The van der Waals surface area contributed by atoms with E-state index in [0.29, 0.717) is 19.5 Å². The Morgan fingerprint density at radius 2 is 2.12 bits per heavy atom. The summed E-state index contributed by atoms with van der Waals surface area (Å²) < 4.78 is 34.1. The van der Waals surface area contributed by atoms with Gasteiger partial charge in [0.2, 0.25) is 6.79 Å². The number of aliphatic imine (C=N–C) groups is 1. The second-order valence-corrected chi connectivity index (χ2v) is 9.50. The number of fused-ring (bicyclic) bond motifs is 1. The van der Waals surface area contributed by atoms with Crippen molar-refractivity contribution in [1.29, 1.82) is 0 Å². The van der Waals surface area contributed by atoms with E-state index in [9.17, 15) is 8.42 Å². The van der Waals surface area contributed by atoms with Crippen LogP contribution in [0.4, 0.5) is 0 Å². The standard InChI is InChI=1S/C18H27N3O4S/c1-13(2)20-18(19-9-15-6-7-26(22,23)11-15)21(3)10-14-4-5-16-17(8-14)25-12-24-16/h4-5,8,13,15H,6-7,9-12H2,1-3H3,(H,19,20). The lowest BCUT2D eigenvalue weighted by molar-refractivity contribution is 0.174. The maximum atomic E-state index is 11.6. The zero-order valence-electron chi connectivity index (χ0n) is 15.6. The van der Waals surface area contributed by atoms with Gasteiger partial charge in [-0.1, -0.05) is 6.07 Å². The Balaban J connectivity index is 1.67. The molecule has 2 aliphatic heterocycles. The van der Waals surface area contributed by atoms with Gasteiger partial charge in [-0.05, 0) is 43.9 Å². The van der Waals surface area contributed by atoms with Crippen molar-refractivity contribution in [1.82, 2.24) is 10.2 Å². The Labute approximate surface area is 155 Å². The maximum absolute atomic E-state index is 11.6. The van der Waals surface area contributed by atoms with Crippen LogP contribution >= 0.6 is 0 Å². The molecule has 8 heteroatoms. The van der Waals surface area contributed by atoms with E-state index in [1.807, 2.05) is 30.1 Å². The first kappa shape index (κ1) is 18.8. The van der Waals surface area contributed by atoms with Gasteiger partial charge in [-0.15, -0.1) is 0 Å². The molecular weight excluding hydrogens is 354 g/mol. The molecule has 0 aliphatic carbocycles. The van der Waals surface area contributed by atoms with Crippen molar-refractivity contribution in [2.24, 2.45) is 10.9 Å². The highest BCUT2D eigenvalue weighted by molar-refractivity contribution is 7.91. The van der Waals surface area contributed by atoms with Gasteiger partial charge in [0.1, 0.15) is 0 Å². The number of benzene rings is 1. The number of ether oxygens (including phenoxy) is 2. The summed E-state index contributed by atoms with van der Waals surface area (Å²) >= 11 is 0. The average Bonchev–Trinajstić information content (AvgIpc) is 3.16. The largest absolute Gasteiger partial charge is 0.454 e. The van der Waals surface area contributed by atoms with Crippen LogP contribution < -0.4 is 14.8 Å². The number of guanidine groups is 1. The molecule has 0 spiro atoms. The van der Waals surface area contributed by atoms with Crippen molar-refractivity contribution in [2.45, 2.75) is 32.9 Å². The smallest absolute Gasteiger partial charge is 0.231 e. The van der Waals surface area contributed by atoms with Crippen molar-refractivity contribution in [3.05, 3.63) is 23.8 Å². The van der Waals surface area contributed by atoms with E-state index in [2.05, 4.69) is 19.2 Å². The van der Waals surface area contributed by atoms with Gasteiger partial charge in [0.15, 0.2) is 27.3 Å². The summed E-state index contributed by atoms with van der Waals surface area (Å²) in [5.41, 5.74) is 1.10. The molecule has 1 saturated heterocycles. The van der Waals surface area contributed by atoms with E-state index in [1.54, 1.807) is 0 Å². The fourth-order valence-electron chi connectivity index (χ4n) is 3.15. The third kappa shape index (κ3) is 4.81. The molecular formula is C18H27N3O4S. The number of hydrogen-bond donors (Lipinski definition) is 1. The van der Waals surface area contributed by atoms with Gasteiger partial charge in [0.25, 0.3) is 0 Å². The second-order valence-electron chi connectivity index (χ2n) is 7.28. The van der Waals surface area contributed by atoms with Gasteiger partial charge in [-0.25, -0.2) is 8.42 Å². The molecule has 3 rings (SSSR count). The quantitative estimate of drug-likeness (QED) is 0.617. The predicted octanol–water partition coefficient (Wildman–Crippen LogP) is 1.64. The first-order valence-electron chi connectivity index (χ1n) is 8.93. The normalized spacial score (nSPS) is 21.2. The van der Waals surface area contributed by atoms with E-state index < -0.39 is 9.84 Å². The SMILES string of the molecule is CC(C)NC(=NCC1CCS(=O)(=O)C1)N(C)Cc1ccc2c(c1)OCO2. The third-order valence-electron chi connectivity index (χ3n) is 4.46. The predicted molar refractivity (Wildman–Crippen MR) is 101 cm³/mol. The first-order valence-corrected chi connectivity index (χ1v) is 10.8. The zero-order chi connectivity index (χ0) is 18.7. The minimum Gasteiger partial charge on any atom is -0.454 e. The van der Waals surface area contributed by atoms with Crippen LogP contribution in [0.1, 0.15) is 25.8 Å². The topological polar surface area (TPSA) is 80.2 Å². The average molecular weight is 381 g/mol. The van der Waals surface area contributed by atoms with Gasteiger partial charge in [0, 0.05) is 26.2 Å². The van der Waals surface area contributed by atoms with Gasteiger partial charge >= 0.3 is 0 Å².